The molecule has 4 rings (SSSR count). The van der Waals surface area contributed by atoms with Crippen molar-refractivity contribution in [2.75, 3.05) is 43.9 Å². The summed E-state index contributed by atoms with van der Waals surface area (Å²) >= 11 is 0. The first-order chi connectivity index (χ1) is 13.6. The number of hydrogen-bond donors (Lipinski definition) is 2. The van der Waals surface area contributed by atoms with Crippen LogP contribution in [0.4, 0.5) is 11.5 Å². The molecule has 0 saturated carbocycles. The molecule has 0 aliphatic carbocycles. The lowest BCUT2D eigenvalue weighted by Gasteiger charge is -2.32. The van der Waals surface area contributed by atoms with E-state index in [1.54, 1.807) is 6.20 Å². The number of aryl methyl sites for hydroxylation is 1. The van der Waals surface area contributed by atoms with Crippen LogP contribution in [0, 0.1) is 0 Å². The molecule has 1 aliphatic heterocycles. The van der Waals surface area contributed by atoms with Crippen LogP contribution >= 0.6 is 0 Å². The van der Waals surface area contributed by atoms with E-state index in [1.165, 1.54) is 12.8 Å². The largest absolute Gasteiger partial charge is 0.396 e. The molecule has 4 heterocycles. The molecule has 8 nitrogen and oxygen atoms in total. The Kier molecular flexibility index (Phi) is 6.51. The zero-order valence-electron chi connectivity index (χ0n) is 17.4. The number of rotatable bonds is 4. The molecule has 0 unspecified atom stereocenters. The number of fused-ring (bicyclic) bond motifs is 1. The van der Waals surface area contributed by atoms with Gasteiger partial charge in [0, 0.05) is 38.9 Å². The van der Waals surface area contributed by atoms with Gasteiger partial charge in [0.25, 0.3) is 0 Å². The number of nitrogen functional groups attached to an aromatic ring is 1. The van der Waals surface area contributed by atoms with Crippen LogP contribution in [0.3, 0.4) is 0 Å². The lowest BCUT2D eigenvalue weighted by molar-refractivity contribution is 0.312. The van der Waals surface area contributed by atoms with Gasteiger partial charge in [-0.3, -0.25) is 14.8 Å². The first kappa shape index (κ1) is 20.1. The summed E-state index contributed by atoms with van der Waals surface area (Å²) in [4.78, 5) is 9.27. The van der Waals surface area contributed by atoms with Gasteiger partial charge >= 0.3 is 0 Å². The Balaban J connectivity index is 0.000000516. The van der Waals surface area contributed by atoms with Crippen molar-refractivity contribution in [3.63, 3.8) is 0 Å². The highest BCUT2D eigenvalue weighted by atomic mass is 15.4. The minimum absolute atomic E-state index is 0.601. The van der Waals surface area contributed by atoms with Crippen molar-refractivity contribution in [1.82, 2.24) is 29.9 Å². The summed E-state index contributed by atoms with van der Waals surface area (Å²) in [6.07, 6.45) is 6.14. The summed E-state index contributed by atoms with van der Waals surface area (Å²) in [7, 11) is 2.16. The van der Waals surface area contributed by atoms with Gasteiger partial charge in [-0.1, -0.05) is 26.7 Å². The van der Waals surface area contributed by atoms with Crippen LogP contribution in [0.15, 0.2) is 18.5 Å². The Labute approximate surface area is 166 Å². The Morgan fingerprint density at radius 3 is 2.36 bits per heavy atom. The first-order valence-corrected chi connectivity index (χ1v) is 10.2. The Morgan fingerprint density at radius 1 is 1.07 bits per heavy atom. The number of anilines is 2. The average Bonchev–Trinajstić information content (AvgIpc) is 3.31. The summed E-state index contributed by atoms with van der Waals surface area (Å²) in [6, 6.07) is 2.04. The number of nitrogens with one attached hydrogen (secondary N) is 1. The lowest BCUT2D eigenvalue weighted by atomic mass is 10.2. The van der Waals surface area contributed by atoms with Crippen molar-refractivity contribution < 1.29 is 0 Å². The van der Waals surface area contributed by atoms with Gasteiger partial charge < -0.3 is 15.5 Å². The summed E-state index contributed by atoms with van der Waals surface area (Å²) in [5.41, 5.74) is 9.17. The second-order valence-corrected chi connectivity index (χ2v) is 7.22. The van der Waals surface area contributed by atoms with Gasteiger partial charge in [0.1, 0.15) is 5.69 Å². The number of aromatic nitrogens is 5. The number of pyridine rings is 1. The molecule has 8 heteroatoms. The summed E-state index contributed by atoms with van der Waals surface area (Å²) in [6.45, 7) is 11.4. The zero-order valence-corrected chi connectivity index (χ0v) is 17.4. The summed E-state index contributed by atoms with van der Waals surface area (Å²) < 4.78 is 2.03. The number of nitrogens with zero attached hydrogens (tertiary/aromatic N) is 6. The Hall–Kier alpha value is -2.61. The predicted molar refractivity (Wildman–Crippen MR) is 115 cm³/mol. The molecular formula is C20H32N8. The highest BCUT2D eigenvalue weighted by molar-refractivity contribution is 5.92. The second-order valence-electron chi connectivity index (χ2n) is 7.22. The monoisotopic (exact) mass is 384 g/mol. The van der Waals surface area contributed by atoms with Gasteiger partial charge in [0.2, 0.25) is 0 Å². The third-order valence-corrected chi connectivity index (χ3v) is 5.14. The molecule has 0 atom stereocenters. The highest BCUT2D eigenvalue weighted by Crippen LogP contribution is 2.30. The average molecular weight is 385 g/mol. The van der Waals surface area contributed by atoms with E-state index < -0.39 is 0 Å². The quantitative estimate of drug-likeness (QED) is 0.718. The Morgan fingerprint density at radius 2 is 1.79 bits per heavy atom. The van der Waals surface area contributed by atoms with Crippen molar-refractivity contribution in [2.24, 2.45) is 0 Å². The summed E-state index contributed by atoms with van der Waals surface area (Å²) in [5, 5.41) is 12.8. The minimum Gasteiger partial charge on any atom is -0.396 e. The van der Waals surface area contributed by atoms with Gasteiger partial charge in [-0.2, -0.15) is 10.2 Å². The van der Waals surface area contributed by atoms with E-state index in [4.69, 9.17) is 10.8 Å². The molecule has 152 valence electrons. The topological polar surface area (TPSA) is 91.9 Å². The van der Waals surface area contributed by atoms with E-state index >= 15 is 0 Å². The van der Waals surface area contributed by atoms with Gasteiger partial charge in [-0.05, 0) is 20.0 Å². The van der Waals surface area contributed by atoms with Crippen LogP contribution in [-0.4, -0.2) is 63.1 Å². The molecular weight excluding hydrogens is 352 g/mol. The molecule has 1 saturated heterocycles. The van der Waals surface area contributed by atoms with Crippen molar-refractivity contribution >= 4 is 22.4 Å². The van der Waals surface area contributed by atoms with Gasteiger partial charge in [-0.25, -0.2) is 0 Å². The molecule has 0 amide bonds. The van der Waals surface area contributed by atoms with Crippen LogP contribution in [0.5, 0.6) is 0 Å². The summed E-state index contributed by atoms with van der Waals surface area (Å²) in [5.74, 6) is 1.02. The Bertz CT molecular complexity index is 887. The molecule has 0 aromatic carbocycles. The standard InChI is InChI=1S/C16H22N8.C4H10/c1-3-24-14-8-13(15-12(17)10-19-20-15)18-9-11(14)16(21-24)23-6-4-22(2)5-7-23;1-3-4-2/h8-10H,3-7,17H2,1-2H3,(H,19,20);3-4H2,1-2H3. The maximum absolute atomic E-state index is 5.95. The van der Waals surface area contributed by atoms with Crippen LogP contribution in [0.1, 0.15) is 33.6 Å². The fourth-order valence-electron chi connectivity index (χ4n) is 3.18. The zero-order chi connectivity index (χ0) is 20.1. The molecule has 1 fully saturated rings. The van der Waals surface area contributed by atoms with Crippen LogP contribution in [0.25, 0.3) is 22.3 Å². The number of piperazine rings is 1. The SMILES string of the molecule is CCCC.CCn1nc(N2CCN(C)CC2)c2cnc(-c3[nH]ncc3N)cc21. The fraction of sp³-hybridized carbons (Fsp3) is 0.550. The first-order valence-electron chi connectivity index (χ1n) is 10.2. The number of unbranched alkanes of at least 4 members (excludes halogenated alkanes) is 1. The molecule has 3 aromatic heterocycles. The smallest absolute Gasteiger partial charge is 0.160 e. The number of nitrogens with two attached hydrogens (primary N) is 1. The normalized spacial score (nSPS) is 14.9. The predicted octanol–water partition coefficient (Wildman–Crippen LogP) is 2.98. The van der Waals surface area contributed by atoms with Crippen molar-refractivity contribution in [1.29, 1.82) is 0 Å². The molecule has 0 radical (unpaired) electrons. The van der Waals surface area contributed by atoms with Gasteiger partial charge in [0.15, 0.2) is 5.82 Å². The molecule has 0 spiro atoms. The number of aromatic amines is 1. The van der Waals surface area contributed by atoms with E-state index in [1.807, 2.05) is 16.9 Å². The molecule has 3 aromatic rings. The fourth-order valence-corrected chi connectivity index (χ4v) is 3.18. The van der Waals surface area contributed by atoms with Crippen LogP contribution in [0.2, 0.25) is 0 Å². The van der Waals surface area contributed by atoms with Crippen LogP contribution < -0.4 is 10.6 Å². The third kappa shape index (κ3) is 4.11. The van der Waals surface area contributed by atoms with E-state index in [9.17, 15) is 0 Å². The maximum atomic E-state index is 5.95. The molecule has 28 heavy (non-hydrogen) atoms. The minimum atomic E-state index is 0.601. The van der Waals surface area contributed by atoms with Gasteiger partial charge in [0.05, 0.1) is 28.5 Å². The maximum Gasteiger partial charge on any atom is 0.160 e. The number of hydrogen-bond acceptors (Lipinski definition) is 6. The number of H-pyrrole nitrogens is 1. The molecule has 3 N–H and O–H groups in total. The van der Waals surface area contributed by atoms with Crippen molar-refractivity contribution in [2.45, 2.75) is 40.2 Å². The van der Waals surface area contributed by atoms with Crippen molar-refractivity contribution in [3.05, 3.63) is 18.5 Å². The van der Waals surface area contributed by atoms with Crippen molar-refractivity contribution in [3.8, 4) is 11.4 Å². The van der Waals surface area contributed by atoms with E-state index in [0.717, 1.165) is 60.8 Å². The van der Waals surface area contributed by atoms with Crippen LogP contribution in [-0.2, 0) is 6.54 Å². The number of likely N-dealkylation sites (N-methyl/N-ethyl adjacent to an activating group) is 1. The van der Waals surface area contributed by atoms with E-state index in [-0.39, 0.29) is 0 Å². The molecule has 0 bridgehead atoms. The van der Waals surface area contributed by atoms with E-state index in [2.05, 4.69) is 52.8 Å². The highest BCUT2D eigenvalue weighted by Gasteiger charge is 2.21. The third-order valence-electron chi connectivity index (χ3n) is 5.14. The lowest BCUT2D eigenvalue weighted by Crippen LogP contribution is -2.44. The molecule has 1 aliphatic rings. The second kappa shape index (κ2) is 9.05. The van der Waals surface area contributed by atoms with Gasteiger partial charge in [-0.15, -0.1) is 0 Å². The van der Waals surface area contributed by atoms with E-state index in [0.29, 0.717) is 5.69 Å².